The van der Waals surface area contributed by atoms with Crippen LogP contribution in [-0.2, 0) is 4.79 Å². The molecule has 0 amide bonds. The molecule has 0 aliphatic heterocycles. The molecule has 0 radical (unpaired) electrons. The first-order chi connectivity index (χ1) is 5.53. The molecule has 0 bridgehead atoms. The Hall–Kier alpha value is -0.330. The van der Waals surface area contributed by atoms with Crippen molar-refractivity contribution < 1.29 is 4.79 Å². The second-order valence-corrected chi connectivity index (χ2v) is 5.26. The molecule has 0 aromatic heterocycles. The number of rotatable bonds is 4. The molecule has 0 saturated heterocycles. The minimum Gasteiger partial charge on any atom is -0.303 e. The fraction of sp³-hybridized carbons (Fsp3) is 0.909. The van der Waals surface area contributed by atoms with Crippen molar-refractivity contribution in [3.05, 3.63) is 0 Å². The first kappa shape index (κ1) is 9.76. The zero-order valence-electron chi connectivity index (χ0n) is 8.47. The van der Waals surface area contributed by atoms with Gasteiger partial charge >= 0.3 is 0 Å². The number of carbonyl (C=O) groups excluding carboxylic acids is 1. The highest BCUT2D eigenvalue weighted by Gasteiger charge is 2.33. The fourth-order valence-electron chi connectivity index (χ4n) is 1.92. The number of carbonyl (C=O) groups is 1. The lowest BCUT2D eigenvalue weighted by Gasteiger charge is -2.24. The van der Waals surface area contributed by atoms with Gasteiger partial charge in [-0.25, -0.2) is 0 Å². The lowest BCUT2D eigenvalue weighted by atomic mass is 9.81. The lowest BCUT2D eigenvalue weighted by Crippen LogP contribution is -2.15. The van der Waals surface area contributed by atoms with Crippen molar-refractivity contribution in [3.8, 4) is 0 Å². The van der Waals surface area contributed by atoms with Crippen molar-refractivity contribution in [2.45, 2.75) is 46.5 Å². The van der Waals surface area contributed by atoms with E-state index in [1.54, 1.807) is 0 Å². The number of aldehydes is 1. The minimum absolute atomic E-state index is 0.385. The van der Waals surface area contributed by atoms with Crippen LogP contribution in [0.4, 0.5) is 0 Å². The van der Waals surface area contributed by atoms with Crippen LogP contribution in [0.25, 0.3) is 0 Å². The molecule has 1 nitrogen and oxygen atoms in total. The molecule has 0 heterocycles. The van der Waals surface area contributed by atoms with E-state index in [4.69, 9.17) is 0 Å². The van der Waals surface area contributed by atoms with Gasteiger partial charge in [0, 0.05) is 6.42 Å². The summed E-state index contributed by atoms with van der Waals surface area (Å²) in [7, 11) is 0. The SMILES string of the molecule is CC(C)(C)CC(CC=O)C1CC1. The second kappa shape index (κ2) is 3.59. The van der Waals surface area contributed by atoms with Gasteiger partial charge in [-0.15, -0.1) is 0 Å². The molecule has 0 N–H and O–H groups in total. The Kier molecular flexibility index (Phi) is 2.92. The molecule has 1 heteroatoms. The third-order valence-corrected chi connectivity index (χ3v) is 2.56. The van der Waals surface area contributed by atoms with Crippen molar-refractivity contribution in [1.29, 1.82) is 0 Å². The third kappa shape index (κ3) is 3.38. The zero-order chi connectivity index (χ0) is 9.19. The van der Waals surface area contributed by atoms with Crippen molar-refractivity contribution >= 4 is 6.29 Å². The van der Waals surface area contributed by atoms with E-state index in [1.165, 1.54) is 19.3 Å². The van der Waals surface area contributed by atoms with Crippen LogP contribution >= 0.6 is 0 Å². The van der Waals surface area contributed by atoms with E-state index >= 15 is 0 Å². The smallest absolute Gasteiger partial charge is 0.120 e. The van der Waals surface area contributed by atoms with Gasteiger partial charge in [0.05, 0.1) is 0 Å². The summed E-state index contributed by atoms with van der Waals surface area (Å²) < 4.78 is 0. The molecule has 1 aliphatic rings. The van der Waals surface area contributed by atoms with Crippen molar-refractivity contribution in [3.63, 3.8) is 0 Å². The molecule has 1 fully saturated rings. The number of hydrogen-bond acceptors (Lipinski definition) is 1. The predicted octanol–water partition coefficient (Wildman–Crippen LogP) is 3.04. The van der Waals surface area contributed by atoms with Crippen LogP contribution in [0.3, 0.4) is 0 Å². The van der Waals surface area contributed by atoms with Gasteiger partial charge in [0.2, 0.25) is 0 Å². The van der Waals surface area contributed by atoms with Gasteiger partial charge in [0.1, 0.15) is 6.29 Å². The van der Waals surface area contributed by atoms with E-state index in [2.05, 4.69) is 20.8 Å². The quantitative estimate of drug-likeness (QED) is 0.590. The average Bonchev–Trinajstić information content (AvgIpc) is 2.63. The summed E-state index contributed by atoms with van der Waals surface area (Å²) in [4.78, 5) is 10.4. The first-order valence-electron chi connectivity index (χ1n) is 4.96. The fourth-order valence-corrected chi connectivity index (χ4v) is 1.92. The van der Waals surface area contributed by atoms with E-state index in [1.807, 2.05) is 0 Å². The molecule has 0 aromatic rings. The summed E-state index contributed by atoms with van der Waals surface area (Å²) in [6.07, 6.45) is 5.79. The highest BCUT2D eigenvalue weighted by atomic mass is 16.1. The van der Waals surface area contributed by atoms with Crippen molar-refractivity contribution in [1.82, 2.24) is 0 Å². The van der Waals surface area contributed by atoms with E-state index in [-0.39, 0.29) is 0 Å². The van der Waals surface area contributed by atoms with E-state index in [9.17, 15) is 4.79 Å². The van der Waals surface area contributed by atoms with Gasteiger partial charge in [-0.2, -0.15) is 0 Å². The largest absolute Gasteiger partial charge is 0.303 e. The maximum Gasteiger partial charge on any atom is 0.120 e. The van der Waals surface area contributed by atoms with Gasteiger partial charge in [-0.3, -0.25) is 0 Å². The molecule has 12 heavy (non-hydrogen) atoms. The van der Waals surface area contributed by atoms with Crippen LogP contribution in [0.1, 0.15) is 46.5 Å². The minimum atomic E-state index is 0.385. The summed E-state index contributed by atoms with van der Waals surface area (Å²) in [6, 6.07) is 0. The van der Waals surface area contributed by atoms with Gasteiger partial charge < -0.3 is 4.79 Å². The van der Waals surface area contributed by atoms with Gasteiger partial charge in [0.25, 0.3) is 0 Å². The molecule has 1 saturated carbocycles. The Morgan fingerprint density at radius 3 is 2.33 bits per heavy atom. The maximum absolute atomic E-state index is 10.4. The highest BCUT2D eigenvalue weighted by Crippen LogP contribution is 2.43. The third-order valence-electron chi connectivity index (χ3n) is 2.56. The van der Waals surface area contributed by atoms with Gasteiger partial charge in [-0.05, 0) is 36.5 Å². The average molecular weight is 168 g/mol. The Morgan fingerprint density at radius 1 is 1.42 bits per heavy atom. The van der Waals surface area contributed by atoms with E-state index < -0.39 is 0 Å². The first-order valence-corrected chi connectivity index (χ1v) is 4.96. The Morgan fingerprint density at radius 2 is 2.00 bits per heavy atom. The Balaban J connectivity index is 2.37. The second-order valence-electron chi connectivity index (χ2n) is 5.26. The monoisotopic (exact) mass is 168 g/mol. The number of hydrogen-bond donors (Lipinski definition) is 0. The topological polar surface area (TPSA) is 17.1 Å². The summed E-state index contributed by atoms with van der Waals surface area (Å²) in [5.74, 6) is 1.54. The Bertz CT molecular complexity index is 151. The van der Waals surface area contributed by atoms with Crippen LogP contribution in [0.15, 0.2) is 0 Å². The molecule has 1 unspecified atom stereocenters. The predicted molar refractivity (Wildman–Crippen MR) is 51.0 cm³/mol. The molecule has 0 spiro atoms. The van der Waals surface area contributed by atoms with Crippen molar-refractivity contribution in [2.75, 3.05) is 0 Å². The molecule has 0 aromatic carbocycles. The van der Waals surface area contributed by atoms with Crippen LogP contribution in [-0.4, -0.2) is 6.29 Å². The highest BCUT2D eigenvalue weighted by molar-refractivity contribution is 5.49. The molecule has 1 atom stereocenters. The van der Waals surface area contributed by atoms with Crippen LogP contribution in [0.2, 0.25) is 0 Å². The summed E-state index contributed by atoms with van der Waals surface area (Å²) in [5, 5.41) is 0. The molecule has 1 aliphatic carbocycles. The zero-order valence-corrected chi connectivity index (χ0v) is 8.47. The summed E-state index contributed by atoms with van der Waals surface area (Å²) >= 11 is 0. The normalized spacial score (nSPS) is 20.6. The van der Waals surface area contributed by atoms with Crippen molar-refractivity contribution in [2.24, 2.45) is 17.3 Å². The van der Waals surface area contributed by atoms with Crippen LogP contribution < -0.4 is 0 Å². The summed E-state index contributed by atoms with van der Waals surface area (Å²) in [5.41, 5.74) is 0.385. The van der Waals surface area contributed by atoms with Crippen LogP contribution in [0.5, 0.6) is 0 Å². The molecular weight excluding hydrogens is 148 g/mol. The lowest BCUT2D eigenvalue weighted by molar-refractivity contribution is -0.108. The molecule has 70 valence electrons. The van der Waals surface area contributed by atoms with E-state index in [0.717, 1.165) is 18.6 Å². The molecular formula is C11H20O. The Labute approximate surface area is 75.5 Å². The van der Waals surface area contributed by atoms with E-state index in [0.29, 0.717) is 11.3 Å². The molecule has 1 rings (SSSR count). The standard InChI is InChI=1S/C11H20O/c1-11(2,3)8-10(6-7-12)9-4-5-9/h7,9-10H,4-6,8H2,1-3H3. The maximum atomic E-state index is 10.4. The van der Waals surface area contributed by atoms with Crippen LogP contribution in [0, 0.1) is 17.3 Å². The van der Waals surface area contributed by atoms with Gasteiger partial charge in [0.15, 0.2) is 0 Å². The summed E-state index contributed by atoms with van der Waals surface area (Å²) in [6.45, 7) is 6.77. The van der Waals surface area contributed by atoms with Gasteiger partial charge in [-0.1, -0.05) is 20.8 Å².